The standard InChI is InChI=1S/C23H41N3OS/c1-3-12-24-23(27)18-10-11-22-20(15-18)26(17(2)16-25-13-6-7-14-25)19-8-4-5-9-21(19)28-22/h17-22H,3-16H2,1-2H3,(H,24,27). The van der Waals surface area contributed by atoms with Gasteiger partial charge in [0, 0.05) is 47.6 Å². The van der Waals surface area contributed by atoms with Gasteiger partial charge in [-0.3, -0.25) is 9.69 Å². The van der Waals surface area contributed by atoms with Crippen LogP contribution in [0.2, 0.25) is 0 Å². The van der Waals surface area contributed by atoms with Crippen molar-refractivity contribution >= 4 is 17.7 Å². The van der Waals surface area contributed by atoms with Gasteiger partial charge in [0.1, 0.15) is 0 Å². The molecule has 0 bridgehead atoms. The van der Waals surface area contributed by atoms with Crippen molar-refractivity contribution in [3.8, 4) is 0 Å². The normalized spacial score (nSPS) is 37.9. The van der Waals surface area contributed by atoms with E-state index in [1.807, 2.05) is 0 Å². The van der Waals surface area contributed by atoms with Crippen molar-refractivity contribution in [2.45, 2.75) is 107 Å². The number of amides is 1. The van der Waals surface area contributed by atoms with E-state index in [1.54, 1.807) is 0 Å². The molecule has 4 rings (SSSR count). The van der Waals surface area contributed by atoms with Crippen molar-refractivity contribution in [3.63, 3.8) is 0 Å². The highest BCUT2D eigenvalue weighted by atomic mass is 32.2. The second-order valence-electron chi connectivity index (χ2n) is 9.74. The number of carbonyl (C=O) groups excluding carboxylic acids is 1. The molecule has 0 aromatic heterocycles. The molecule has 4 fully saturated rings. The first-order chi connectivity index (χ1) is 13.7. The maximum Gasteiger partial charge on any atom is 0.223 e. The maximum atomic E-state index is 12.7. The maximum absolute atomic E-state index is 12.7. The summed E-state index contributed by atoms with van der Waals surface area (Å²) in [5.74, 6) is 0.554. The second kappa shape index (κ2) is 9.70. The third-order valence-corrected chi connectivity index (χ3v) is 9.49. The lowest BCUT2D eigenvalue weighted by atomic mass is 9.80. The van der Waals surface area contributed by atoms with E-state index in [4.69, 9.17) is 0 Å². The molecule has 28 heavy (non-hydrogen) atoms. The minimum absolute atomic E-state index is 0.232. The lowest BCUT2D eigenvalue weighted by molar-refractivity contribution is -0.127. The van der Waals surface area contributed by atoms with Gasteiger partial charge in [0.2, 0.25) is 5.91 Å². The Labute approximate surface area is 176 Å². The number of rotatable bonds is 6. The summed E-state index contributed by atoms with van der Waals surface area (Å²) < 4.78 is 0. The second-order valence-corrected chi connectivity index (χ2v) is 11.2. The number of nitrogens with zero attached hydrogens (tertiary/aromatic N) is 2. The molecule has 2 heterocycles. The smallest absolute Gasteiger partial charge is 0.223 e. The Morgan fingerprint density at radius 3 is 2.57 bits per heavy atom. The highest BCUT2D eigenvalue weighted by molar-refractivity contribution is 8.00. The average molecular weight is 408 g/mol. The molecular formula is C23H41N3OS. The molecule has 2 aliphatic heterocycles. The van der Waals surface area contributed by atoms with Crippen LogP contribution in [0.5, 0.6) is 0 Å². The number of nitrogens with one attached hydrogen (secondary N) is 1. The van der Waals surface area contributed by atoms with E-state index in [-0.39, 0.29) is 5.92 Å². The molecule has 4 nitrogen and oxygen atoms in total. The van der Waals surface area contributed by atoms with Crippen molar-refractivity contribution < 1.29 is 4.79 Å². The van der Waals surface area contributed by atoms with Crippen LogP contribution in [0.15, 0.2) is 0 Å². The molecule has 5 heteroatoms. The fourth-order valence-electron chi connectivity index (χ4n) is 6.36. The molecule has 2 saturated heterocycles. The highest BCUT2D eigenvalue weighted by Gasteiger charge is 2.48. The van der Waals surface area contributed by atoms with Gasteiger partial charge in [0.05, 0.1) is 0 Å². The van der Waals surface area contributed by atoms with Gasteiger partial charge in [-0.1, -0.05) is 19.8 Å². The quantitative estimate of drug-likeness (QED) is 0.724. The van der Waals surface area contributed by atoms with Gasteiger partial charge < -0.3 is 10.2 Å². The van der Waals surface area contributed by atoms with Crippen molar-refractivity contribution in [1.29, 1.82) is 0 Å². The number of likely N-dealkylation sites (tertiary alicyclic amines) is 1. The summed E-state index contributed by atoms with van der Waals surface area (Å²) in [5.41, 5.74) is 0. The van der Waals surface area contributed by atoms with E-state index in [0.29, 0.717) is 18.0 Å². The van der Waals surface area contributed by atoms with Crippen LogP contribution in [0.1, 0.15) is 78.1 Å². The fraction of sp³-hybridized carbons (Fsp3) is 0.957. The van der Waals surface area contributed by atoms with Gasteiger partial charge in [-0.15, -0.1) is 0 Å². The summed E-state index contributed by atoms with van der Waals surface area (Å²) in [6.07, 6.45) is 12.8. The minimum atomic E-state index is 0.232. The van der Waals surface area contributed by atoms with Gasteiger partial charge >= 0.3 is 0 Å². The largest absolute Gasteiger partial charge is 0.356 e. The summed E-state index contributed by atoms with van der Waals surface area (Å²) >= 11 is 2.31. The van der Waals surface area contributed by atoms with Gasteiger partial charge in [-0.2, -0.15) is 11.8 Å². The fourth-order valence-corrected chi connectivity index (χ4v) is 8.27. The van der Waals surface area contributed by atoms with E-state index < -0.39 is 0 Å². The Morgan fingerprint density at radius 1 is 1.04 bits per heavy atom. The van der Waals surface area contributed by atoms with Crippen molar-refractivity contribution in [2.75, 3.05) is 26.2 Å². The Hall–Kier alpha value is -0.260. The molecule has 6 atom stereocenters. The first-order valence-electron chi connectivity index (χ1n) is 12.1. The summed E-state index contributed by atoms with van der Waals surface area (Å²) in [5, 5.41) is 4.76. The van der Waals surface area contributed by atoms with Crippen LogP contribution in [0.25, 0.3) is 0 Å². The lowest BCUT2D eigenvalue weighted by Crippen LogP contribution is -2.64. The zero-order valence-corrected chi connectivity index (χ0v) is 18.9. The molecule has 160 valence electrons. The third kappa shape index (κ3) is 4.57. The molecule has 0 aromatic rings. The molecule has 4 aliphatic rings. The van der Waals surface area contributed by atoms with Crippen molar-refractivity contribution in [3.05, 3.63) is 0 Å². The zero-order valence-electron chi connectivity index (χ0n) is 18.1. The Balaban J connectivity index is 1.49. The van der Waals surface area contributed by atoms with E-state index in [2.05, 4.69) is 40.7 Å². The predicted octanol–water partition coefficient (Wildman–Crippen LogP) is 3.89. The first kappa shape index (κ1) is 21.0. The van der Waals surface area contributed by atoms with Gasteiger partial charge in [0.25, 0.3) is 0 Å². The molecule has 2 aliphatic carbocycles. The van der Waals surface area contributed by atoms with E-state index >= 15 is 0 Å². The number of carbonyl (C=O) groups is 1. The molecule has 1 amide bonds. The van der Waals surface area contributed by atoms with Crippen molar-refractivity contribution in [1.82, 2.24) is 15.1 Å². The zero-order chi connectivity index (χ0) is 19.5. The molecule has 1 N–H and O–H groups in total. The third-order valence-electron chi connectivity index (χ3n) is 7.69. The lowest BCUT2D eigenvalue weighted by Gasteiger charge is -2.56. The highest BCUT2D eigenvalue weighted by Crippen LogP contribution is 2.48. The minimum Gasteiger partial charge on any atom is -0.356 e. The number of thioether (sulfide) groups is 1. The Bertz CT molecular complexity index is 524. The SMILES string of the molecule is CCCNC(=O)C1CCC2SC3CCCCC3N(C(C)CN3CCCC3)C2C1. The molecular weight excluding hydrogens is 366 g/mol. The van der Waals surface area contributed by atoms with Crippen LogP contribution in [-0.2, 0) is 4.79 Å². The summed E-state index contributed by atoms with van der Waals surface area (Å²) in [7, 11) is 0. The van der Waals surface area contributed by atoms with Crippen LogP contribution < -0.4 is 5.32 Å². The van der Waals surface area contributed by atoms with Crippen LogP contribution in [0.3, 0.4) is 0 Å². The van der Waals surface area contributed by atoms with E-state index in [9.17, 15) is 4.79 Å². The summed E-state index contributed by atoms with van der Waals surface area (Å²) in [4.78, 5) is 18.4. The number of fused-ring (bicyclic) bond motifs is 2. The first-order valence-corrected chi connectivity index (χ1v) is 13.0. The topological polar surface area (TPSA) is 35.6 Å². The molecule has 2 saturated carbocycles. The molecule has 6 unspecified atom stereocenters. The van der Waals surface area contributed by atoms with E-state index in [0.717, 1.165) is 42.3 Å². The van der Waals surface area contributed by atoms with Crippen molar-refractivity contribution in [2.24, 2.45) is 5.92 Å². The van der Waals surface area contributed by atoms with Crippen LogP contribution in [-0.4, -0.2) is 70.5 Å². The molecule has 0 radical (unpaired) electrons. The monoisotopic (exact) mass is 407 g/mol. The molecule has 0 aromatic carbocycles. The Kier molecular flexibility index (Phi) is 7.27. The van der Waals surface area contributed by atoms with Crippen LogP contribution in [0, 0.1) is 5.92 Å². The van der Waals surface area contributed by atoms with Crippen LogP contribution in [0.4, 0.5) is 0 Å². The summed E-state index contributed by atoms with van der Waals surface area (Å²) in [6, 6.07) is 1.97. The van der Waals surface area contributed by atoms with Crippen LogP contribution >= 0.6 is 11.8 Å². The predicted molar refractivity (Wildman–Crippen MR) is 119 cm³/mol. The van der Waals surface area contributed by atoms with E-state index in [1.165, 1.54) is 64.6 Å². The Morgan fingerprint density at radius 2 is 1.79 bits per heavy atom. The number of hydrogen-bond acceptors (Lipinski definition) is 4. The van der Waals surface area contributed by atoms with Gasteiger partial charge in [0.15, 0.2) is 0 Å². The van der Waals surface area contributed by atoms with Gasteiger partial charge in [-0.05, 0) is 71.4 Å². The molecule has 0 spiro atoms. The number of hydrogen-bond donors (Lipinski definition) is 1. The van der Waals surface area contributed by atoms with Gasteiger partial charge in [-0.25, -0.2) is 0 Å². The average Bonchev–Trinajstić information content (AvgIpc) is 3.22. The summed E-state index contributed by atoms with van der Waals surface area (Å²) in [6.45, 7) is 9.26.